The molecular weight excluding hydrogens is 279 g/mol. The molecular formula is C14H21FN2O2S. The van der Waals surface area contributed by atoms with Gasteiger partial charge in [0, 0.05) is 24.8 Å². The summed E-state index contributed by atoms with van der Waals surface area (Å²) in [6.45, 7) is 2.01. The van der Waals surface area contributed by atoms with E-state index < -0.39 is 15.8 Å². The Bertz CT molecular complexity index is 572. The van der Waals surface area contributed by atoms with Gasteiger partial charge in [0.05, 0.1) is 4.90 Å². The van der Waals surface area contributed by atoms with Crippen LogP contribution >= 0.6 is 0 Å². The molecule has 0 unspecified atom stereocenters. The van der Waals surface area contributed by atoms with Gasteiger partial charge in [0.15, 0.2) is 0 Å². The topological polar surface area (TPSA) is 63.4 Å². The Morgan fingerprint density at radius 1 is 1.35 bits per heavy atom. The van der Waals surface area contributed by atoms with Crippen molar-refractivity contribution in [3.8, 4) is 0 Å². The van der Waals surface area contributed by atoms with Gasteiger partial charge in [0.25, 0.3) is 0 Å². The van der Waals surface area contributed by atoms with E-state index in [2.05, 4.69) is 0 Å². The molecule has 20 heavy (non-hydrogen) atoms. The van der Waals surface area contributed by atoms with Crippen LogP contribution in [0.3, 0.4) is 0 Å². The number of benzene rings is 1. The second-order valence-corrected chi connectivity index (χ2v) is 7.60. The van der Waals surface area contributed by atoms with Gasteiger partial charge in [0.1, 0.15) is 5.82 Å². The van der Waals surface area contributed by atoms with E-state index in [0.717, 1.165) is 31.7 Å². The minimum atomic E-state index is -3.67. The minimum Gasteiger partial charge on any atom is -0.398 e. The third-order valence-electron chi connectivity index (χ3n) is 4.06. The number of nitrogens with two attached hydrogens (primary N) is 1. The van der Waals surface area contributed by atoms with E-state index in [1.54, 1.807) is 7.05 Å². The van der Waals surface area contributed by atoms with Crippen molar-refractivity contribution in [2.45, 2.75) is 37.5 Å². The monoisotopic (exact) mass is 300 g/mol. The van der Waals surface area contributed by atoms with Crippen LogP contribution in [-0.2, 0) is 10.0 Å². The average Bonchev–Trinajstić information content (AvgIpc) is 2.88. The molecule has 112 valence electrons. The fourth-order valence-electron chi connectivity index (χ4n) is 2.66. The van der Waals surface area contributed by atoms with Crippen LogP contribution in [0, 0.1) is 18.7 Å². The van der Waals surface area contributed by atoms with Crippen LogP contribution in [0.4, 0.5) is 10.1 Å². The van der Waals surface area contributed by atoms with Crippen molar-refractivity contribution in [3.63, 3.8) is 0 Å². The molecule has 1 aromatic carbocycles. The standard InChI is InChI=1S/C14H21FN2O2S/c1-10-13(15)7-12(8-14(10)16)20(18,19)17(2)9-11-5-3-4-6-11/h7-8,11H,3-6,9,16H2,1-2H3. The van der Waals surface area contributed by atoms with Crippen molar-refractivity contribution in [1.29, 1.82) is 0 Å². The van der Waals surface area contributed by atoms with Crippen molar-refractivity contribution in [2.24, 2.45) is 5.92 Å². The maximum absolute atomic E-state index is 13.7. The summed E-state index contributed by atoms with van der Waals surface area (Å²) >= 11 is 0. The zero-order valence-corrected chi connectivity index (χ0v) is 12.7. The second kappa shape index (κ2) is 5.69. The third kappa shape index (κ3) is 2.96. The minimum absolute atomic E-state index is 0.0707. The number of hydrogen-bond acceptors (Lipinski definition) is 3. The van der Waals surface area contributed by atoms with Crippen molar-refractivity contribution in [2.75, 3.05) is 19.3 Å². The summed E-state index contributed by atoms with van der Waals surface area (Å²) in [6.07, 6.45) is 4.43. The Kier molecular flexibility index (Phi) is 4.34. The van der Waals surface area contributed by atoms with Gasteiger partial charge < -0.3 is 5.73 Å². The number of halogens is 1. The number of nitrogens with zero attached hydrogens (tertiary/aromatic N) is 1. The summed E-state index contributed by atoms with van der Waals surface area (Å²) in [5.74, 6) is -0.180. The first kappa shape index (κ1) is 15.3. The first-order valence-corrected chi connectivity index (χ1v) is 8.28. The summed E-state index contributed by atoms with van der Waals surface area (Å²) in [5, 5.41) is 0. The van der Waals surface area contributed by atoms with Gasteiger partial charge in [-0.25, -0.2) is 17.1 Å². The zero-order chi connectivity index (χ0) is 14.9. The Hall–Kier alpha value is -1.14. The highest BCUT2D eigenvalue weighted by atomic mass is 32.2. The molecule has 4 nitrogen and oxygen atoms in total. The van der Waals surface area contributed by atoms with Crippen LogP contribution in [0.2, 0.25) is 0 Å². The van der Waals surface area contributed by atoms with Gasteiger partial charge in [-0.05, 0) is 37.8 Å². The van der Waals surface area contributed by atoms with Gasteiger partial charge in [-0.15, -0.1) is 0 Å². The largest absolute Gasteiger partial charge is 0.398 e. The molecule has 0 heterocycles. The number of hydrogen-bond donors (Lipinski definition) is 1. The molecule has 1 saturated carbocycles. The summed E-state index contributed by atoms with van der Waals surface area (Å²) in [4.78, 5) is -0.0707. The van der Waals surface area contributed by atoms with Crippen molar-refractivity contribution in [3.05, 3.63) is 23.5 Å². The molecule has 0 aliphatic heterocycles. The number of nitrogen functional groups attached to an aromatic ring is 1. The van der Waals surface area contributed by atoms with E-state index in [1.165, 1.54) is 17.3 Å². The second-order valence-electron chi connectivity index (χ2n) is 5.56. The molecule has 0 radical (unpaired) electrons. The lowest BCUT2D eigenvalue weighted by Gasteiger charge is -2.21. The van der Waals surface area contributed by atoms with Crippen LogP contribution in [0.5, 0.6) is 0 Å². The highest BCUT2D eigenvalue weighted by Gasteiger charge is 2.26. The lowest BCUT2D eigenvalue weighted by Crippen LogP contribution is -2.31. The predicted octanol–water partition coefficient (Wildman–Crippen LogP) is 2.53. The Labute approximate surface area is 119 Å². The molecule has 0 saturated heterocycles. The maximum Gasteiger partial charge on any atom is 0.243 e. The molecule has 0 spiro atoms. The lowest BCUT2D eigenvalue weighted by molar-refractivity contribution is 0.387. The lowest BCUT2D eigenvalue weighted by atomic mass is 10.1. The summed E-state index contributed by atoms with van der Waals surface area (Å²) in [7, 11) is -2.13. The summed E-state index contributed by atoms with van der Waals surface area (Å²) in [5.41, 5.74) is 6.10. The van der Waals surface area contributed by atoms with E-state index in [9.17, 15) is 12.8 Å². The normalized spacial score (nSPS) is 17.0. The number of anilines is 1. The average molecular weight is 300 g/mol. The Balaban J connectivity index is 2.25. The molecule has 2 N–H and O–H groups in total. The van der Waals surface area contributed by atoms with Gasteiger partial charge in [0.2, 0.25) is 10.0 Å². The van der Waals surface area contributed by atoms with Crippen LogP contribution in [-0.4, -0.2) is 26.3 Å². The molecule has 0 amide bonds. The molecule has 6 heteroatoms. The van der Waals surface area contributed by atoms with Crippen molar-refractivity contribution >= 4 is 15.7 Å². The highest BCUT2D eigenvalue weighted by molar-refractivity contribution is 7.89. The number of sulfonamides is 1. The van der Waals surface area contributed by atoms with Crippen molar-refractivity contribution < 1.29 is 12.8 Å². The maximum atomic E-state index is 13.7. The fourth-order valence-corrected chi connectivity index (χ4v) is 3.95. The highest BCUT2D eigenvalue weighted by Crippen LogP contribution is 2.28. The Morgan fingerprint density at radius 2 is 1.95 bits per heavy atom. The first-order chi connectivity index (χ1) is 9.32. The van der Waals surface area contributed by atoms with Gasteiger partial charge in [-0.1, -0.05) is 12.8 Å². The molecule has 1 aromatic rings. The van der Waals surface area contributed by atoms with Gasteiger partial charge in [-0.3, -0.25) is 0 Å². The molecule has 0 aromatic heterocycles. The molecule has 1 aliphatic rings. The van der Waals surface area contributed by atoms with Gasteiger partial charge in [-0.2, -0.15) is 0 Å². The van der Waals surface area contributed by atoms with Crippen LogP contribution in [0.1, 0.15) is 31.2 Å². The molecule has 1 fully saturated rings. The molecule has 1 aliphatic carbocycles. The third-order valence-corrected chi connectivity index (χ3v) is 5.86. The molecule has 2 rings (SSSR count). The summed E-state index contributed by atoms with van der Waals surface area (Å²) in [6, 6.07) is 2.38. The molecule has 0 bridgehead atoms. The van der Waals surface area contributed by atoms with E-state index in [1.807, 2.05) is 0 Å². The summed E-state index contributed by atoms with van der Waals surface area (Å²) < 4.78 is 39.9. The zero-order valence-electron chi connectivity index (χ0n) is 11.9. The van der Waals surface area contributed by atoms with Gasteiger partial charge >= 0.3 is 0 Å². The Morgan fingerprint density at radius 3 is 2.50 bits per heavy atom. The SMILES string of the molecule is Cc1c(N)cc(S(=O)(=O)N(C)CC2CCCC2)cc1F. The fraction of sp³-hybridized carbons (Fsp3) is 0.571. The van der Waals surface area contributed by atoms with Crippen LogP contribution in [0.25, 0.3) is 0 Å². The van der Waals surface area contributed by atoms with Crippen LogP contribution < -0.4 is 5.73 Å². The number of rotatable bonds is 4. The first-order valence-electron chi connectivity index (χ1n) is 6.84. The quantitative estimate of drug-likeness (QED) is 0.869. The van der Waals surface area contributed by atoms with E-state index >= 15 is 0 Å². The smallest absolute Gasteiger partial charge is 0.243 e. The van der Waals surface area contributed by atoms with Crippen molar-refractivity contribution in [1.82, 2.24) is 4.31 Å². The predicted molar refractivity (Wildman–Crippen MR) is 77.3 cm³/mol. The molecule has 0 atom stereocenters. The van der Waals surface area contributed by atoms with E-state index in [4.69, 9.17) is 5.73 Å². The van der Waals surface area contributed by atoms with E-state index in [-0.39, 0.29) is 16.1 Å². The van der Waals surface area contributed by atoms with E-state index in [0.29, 0.717) is 12.5 Å². The van der Waals surface area contributed by atoms with Crippen LogP contribution in [0.15, 0.2) is 17.0 Å².